The summed E-state index contributed by atoms with van der Waals surface area (Å²) < 4.78 is 26.7. The van der Waals surface area contributed by atoms with E-state index in [1.54, 1.807) is 0 Å². The van der Waals surface area contributed by atoms with Crippen molar-refractivity contribution in [3.63, 3.8) is 0 Å². The van der Waals surface area contributed by atoms with Crippen LogP contribution >= 0.6 is 24.0 Å². The maximum absolute atomic E-state index is 12.9. The minimum Gasteiger partial charge on any atom is -0.357 e. The molecule has 1 atom stereocenters. The smallest absolute Gasteiger partial charge is 0.319 e. The van der Waals surface area contributed by atoms with Crippen LogP contribution in [-0.4, -0.2) is 22.1 Å². The van der Waals surface area contributed by atoms with Crippen molar-refractivity contribution in [1.29, 1.82) is 0 Å². The Morgan fingerprint density at radius 2 is 1.86 bits per heavy atom. The van der Waals surface area contributed by atoms with Crippen LogP contribution in [0.4, 0.5) is 8.78 Å². The average Bonchev–Trinajstić information content (AvgIpc) is 3.09. The van der Waals surface area contributed by atoms with Crippen LogP contribution in [0.3, 0.4) is 0 Å². The van der Waals surface area contributed by atoms with E-state index >= 15 is 0 Å². The van der Waals surface area contributed by atoms with Gasteiger partial charge in [0.2, 0.25) is 0 Å². The monoisotopic (exact) mass is 505 g/mol. The van der Waals surface area contributed by atoms with E-state index in [0.717, 1.165) is 16.6 Å². The number of imidazole rings is 1. The van der Waals surface area contributed by atoms with Crippen LogP contribution in [-0.2, 0) is 13.0 Å². The summed E-state index contributed by atoms with van der Waals surface area (Å²) in [5, 5.41) is 6.47. The minimum absolute atomic E-state index is 0. The summed E-state index contributed by atoms with van der Waals surface area (Å²) in [6.45, 7) is 6.55. The number of guanidine groups is 1. The van der Waals surface area contributed by atoms with E-state index in [-0.39, 0.29) is 42.4 Å². The summed E-state index contributed by atoms with van der Waals surface area (Å²) in [6.07, 6.45) is 3.68. The van der Waals surface area contributed by atoms with E-state index in [1.165, 1.54) is 18.0 Å². The first-order valence-corrected chi connectivity index (χ1v) is 9.34. The highest BCUT2D eigenvalue weighted by molar-refractivity contribution is 14.0. The van der Waals surface area contributed by atoms with Crippen molar-refractivity contribution in [2.24, 2.45) is 10.9 Å². The highest BCUT2D eigenvalue weighted by Gasteiger charge is 2.12. The molecule has 0 aliphatic heterocycles. The molecule has 5 nitrogen and oxygen atoms in total. The number of rotatable bonds is 8. The summed E-state index contributed by atoms with van der Waals surface area (Å²) >= 11 is 0. The minimum atomic E-state index is -2.61. The Hall–Kier alpha value is -1.71. The first kappa shape index (κ1) is 24.3. The van der Waals surface area contributed by atoms with E-state index in [2.05, 4.69) is 58.7 Å². The fourth-order valence-electron chi connectivity index (χ4n) is 2.82. The Morgan fingerprint density at radius 3 is 2.43 bits per heavy atom. The molecule has 0 spiro atoms. The quantitative estimate of drug-likeness (QED) is 0.305. The largest absolute Gasteiger partial charge is 0.357 e. The summed E-state index contributed by atoms with van der Waals surface area (Å²) in [6, 6.07) is 8.56. The second-order valence-electron chi connectivity index (χ2n) is 6.93. The van der Waals surface area contributed by atoms with Crippen LogP contribution in [0.2, 0.25) is 0 Å². The Labute approximate surface area is 183 Å². The topological polar surface area (TPSA) is 54.2 Å². The molecule has 0 saturated heterocycles. The van der Waals surface area contributed by atoms with Crippen molar-refractivity contribution in [3.8, 4) is 0 Å². The molecule has 0 aliphatic carbocycles. The van der Waals surface area contributed by atoms with Gasteiger partial charge in [0.05, 0.1) is 6.04 Å². The molecular weight excluding hydrogens is 475 g/mol. The summed E-state index contributed by atoms with van der Waals surface area (Å²) in [5.74, 6) is 1.42. The van der Waals surface area contributed by atoms with Crippen LogP contribution in [0.25, 0.3) is 0 Å². The van der Waals surface area contributed by atoms with Gasteiger partial charge < -0.3 is 10.6 Å². The third-order valence-corrected chi connectivity index (χ3v) is 4.16. The molecule has 2 N–H and O–H groups in total. The van der Waals surface area contributed by atoms with Gasteiger partial charge in [0.25, 0.3) is 0 Å². The molecule has 8 heteroatoms. The maximum atomic E-state index is 12.9. The van der Waals surface area contributed by atoms with Crippen molar-refractivity contribution in [2.45, 2.75) is 53.3 Å². The molecule has 1 aromatic heterocycles. The van der Waals surface area contributed by atoms with Gasteiger partial charge in [-0.15, -0.1) is 24.0 Å². The standard InChI is InChI=1S/C20H29F2N5.HI/c1-5-23-20(25-13-18-24-10-11-27(18)19(21)22)26-15(4)17-8-6-16(7-9-17)12-14(2)3;/h6-11,14-15,19H,5,12-13H2,1-4H3,(H2,23,25,26);1H. The molecule has 0 saturated carbocycles. The number of halogens is 3. The SMILES string of the molecule is CCNC(=NCc1nccn1C(F)F)NC(C)c1ccc(CC(C)C)cc1.I. The first-order chi connectivity index (χ1) is 12.9. The van der Waals surface area contributed by atoms with Gasteiger partial charge in [0.15, 0.2) is 5.96 Å². The van der Waals surface area contributed by atoms with Gasteiger partial charge in [-0.3, -0.25) is 4.57 Å². The van der Waals surface area contributed by atoms with Crippen molar-refractivity contribution in [3.05, 3.63) is 53.6 Å². The number of aromatic nitrogens is 2. The van der Waals surface area contributed by atoms with E-state index < -0.39 is 6.55 Å². The van der Waals surface area contributed by atoms with Crippen LogP contribution in [0.1, 0.15) is 57.2 Å². The number of benzene rings is 1. The fraction of sp³-hybridized carbons (Fsp3) is 0.500. The van der Waals surface area contributed by atoms with Crippen molar-refractivity contribution in [1.82, 2.24) is 20.2 Å². The van der Waals surface area contributed by atoms with Gasteiger partial charge in [-0.2, -0.15) is 8.78 Å². The van der Waals surface area contributed by atoms with Gasteiger partial charge in [0.1, 0.15) is 12.4 Å². The van der Waals surface area contributed by atoms with Crippen LogP contribution < -0.4 is 10.6 Å². The molecule has 0 fully saturated rings. The van der Waals surface area contributed by atoms with E-state index in [0.29, 0.717) is 18.4 Å². The molecule has 156 valence electrons. The second-order valence-corrected chi connectivity index (χ2v) is 6.93. The first-order valence-electron chi connectivity index (χ1n) is 9.34. The number of aliphatic imine (C=N–C) groups is 1. The molecule has 1 heterocycles. The maximum Gasteiger partial charge on any atom is 0.319 e. The lowest BCUT2D eigenvalue weighted by atomic mass is 10.00. The van der Waals surface area contributed by atoms with E-state index in [9.17, 15) is 8.78 Å². The normalized spacial score (nSPS) is 12.8. The van der Waals surface area contributed by atoms with Gasteiger partial charge in [0, 0.05) is 18.9 Å². The number of alkyl halides is 2. The highest BCUT2D eigenvalue weighted by atomic mass is 127. The second kappa shape index (κ2) is 12.0. The van der Waals surface area contributed by atoms with Crippen molar-refractivity contribution >= 4 is 29.9 Å². The Bertz CT molecular complexity index is 728. The van der Waals surface area contributed by atoms with Gasteiger partial charge in [-0.05, 0) is 37.3 Å². The zero-order chi connectivity index (χ0) is 19.8. The summed E-state index contributed by atoms with van der Waals surface area (Å²) in [4.78, 5) is 8.36. The molecule has 2 aromatic rings. The van der Waals surface area contributed by atoms with Gasteiger partial charge in [-0.1, -0.05) is 38.1 Å². The predicted octanol–water partition coefficient (Wildman–Crippen LogP) is 4.91. The van der Waals surface area contributed by atoms with Crippen LogP contribution in [0.15, 0.2) is 41.7 Å². The molecule has 28 heavy (non-hydrogen) atoms. The lowest BCUT2D eigenvalue weighted by molar-refractivity contribution is 0.0671. The number of nitrogens with zero attached hydrogens (tertiary/aromatic N) is 3. The zero-order valence-electron chi connectivity index (χ0n) is 16.8. The van der Waals surface area contributed by atoms with Crippen LogP contribution in [0.5, 0.6) is 0 Å². The highest BCUT2D eigenvalue weighted by Crippen LogP contribution is 2.16. The fourth-order valence-corrected chi connectivity index (χ4v) is 2.82. The van der Waals surface area contributed by atoms with Crippen molar-refractivity contribution in [2.75, 3.05) is 6.54 Å². The Morgan fingerprint density at radius 1 is 1.18 bits per heavy atom. The molecular formula is C20H30F2IN5. The Kier molecular flexibility index (Phi) is 10.4. The number of nitrogens with one attached hydrogen (secondary N) is 2. The molecule has 1 unspecified atom stereocenters. The van der Waals surface area contributed by atoms with Gasteiger partial charge >= 0.3 is 6.55 Å². The molecule has 0 amide bonds. The molecule has 0 aliphatic rings. The van der Waals surface area contributed by atoms with Gasteiger partial charge in [-0.25, -0.2) is 9.98 Å². The Balaban J connectivity index is 0.00000392. The third-order valence-electron chi connectivity index (χ3n) is 4.16. The van der Waals surface area contributed by atoms with E-state index in [4.69, 9.17) is 0 Å². The third kappa shape index (κ3) is 7.37. The van der Waals surface area contributed by atoms with Crippen molar-refractivity contribution < 1.29 is 8.78 Å². The average molecular weight is 505 g/mol. The zero-order valence-corrected chi connectivity index (χ0v) is 19.2. The van der Waals surface area contributed by atoms with Crippen LogP contribution in [0, 0.1) is 5.92 Å². The molecule has 2 rings (SSSR count). The summed E-state index contributed by atoms with van der Waals surface area (Å²) in [5.41, 5.74) is 2.46. The number of hydrogen-bond acceptors (Lipinski definition) is 2. The predicted molar refractivity (Wildman–Crippen MR) is 120 cm³/mol. The summed E-state index contributed by atoms with van der Waals surface area (Å²) in [7, 11) is 0. The lowest BCUT2D eigenvalue weighted by Crippen LogP contribution is -2.38. The molecule has 0 radical (unpaired) electrons. The molecule has 1 aromatic carbocycles. The van der Waals surface area contributed by atoms with E-state index in [1.807, 2.05) is 13.8 Å². The molecule has 0 bridgehead atoms. The number of hydrogen-bond donors (Lipinski definition) is 2. The lowest BCUT2D eigenvalue weighted by Gasteiger charge is -2.19.